The summed E-state index contributed by atoms with van der Waals surface area (Å²) < 4.78 is 1.66. The minimum absolute atomic E-state index is 0.0619. The molecule has 2 aromatic rings. The van der Waals surface area contributed by atoms with E-state index >= 15 is 0 Å². The lowest BCUT2D eigenvalue weighted by molar-refractivity contribution is 0.0697. The zero-order chi connectivity index (χ0) is 14.7. The van der Waals surface area contributed by atoms with Crippen LogP contribution in [0.3, 0.4) is 0 Å². The van der Waals surface area contributed by atoms with E-state index in [-0.39, 0.29) is 17.3 Å². The molecule has 0 aliphatic rings. The van der Waals surface area contributed by atoms with Gasteiger partial charge in [0.15, 0.2) is 0 Å². The second-order valence-electron chi connectivity index (χ2n) is 5.18. The van der Waals surface area contributed by atoms with Crippen molar-refractivity contribution in [3.8, 4) is 0 Å². The van der Waals surface area contributed by atoms with E-state index in [0.717, 1.165) is 25.7 Å². The van der Waals surface area contributed by atoms with Gasteiger partial charge in [0.1, 0.15) is 0 Å². The van der Waals surface area contributed by atoms with Gasteiger partial charge in [-0.15, -0.1) is 0 Å². The Morgan fingerprint density at radius 3 is 2.80 bits per heavy atom. The fourth-order valence-corrected chi connectivity index (χ4v) is 2.51. The number of carbonyl (C=O) groups is 1. The fraction of sp³-hybridized carbons (Fsp3) is 0.467. The van der Waals surface area contributed by atoms with Crippen LogP contribution in [0.5, 0.6) is 0 Å². The molecule has 0 saturated carbocycles. The van der Waals surface area contributed by atoms with Crippen LogP contribution in [0.15, 0.2) is 23.0 Å². The average Bonchev–Trinajstić information content (AvgIpc) is 2.73. The molecule has 2 rings (SSSR count). The number of carboxylic acids is 1. The number of aromatic amines is 1. The number of nitrogens with zero attached hydrogens (tertiary/aromatic N) is 1. The third-order valence-corrected chi connectivity index (χ3v) is 3.63. The molecule has 1 aromatic heterocycles. The lowest BCUT2D eigenvalue weighted by atomic mass is 10.1. The summed E-state index contributed by atoms with van der Waals surface area (Å²) in [5.41, 5.74) is 1.37. The van der Waals surface area contributed by atoms with Gasteiger partial charge in [-0.05, 0) is 31.5 Å². The first-order valence-corrected chi connectivity index (χ1v) is 7.02. The summed E-state index contributed by atoms with van der Waals surface area (Å²) in [7, 11) is 0. The van der Waals surface area contributed by atoms with Crippen LogP contribution in [0.25, 0.3) is 11.0 Å². The standard InChI is InChI=1S/C15H20N2O3/c1-3-4-5-6-10(2)17-13-9-11(14(18)19)7-8-12(13)16-15(17)20/h7-10H,3-6H2,1-2H3,(H,16,20)(H,18,19). The number of carboxylic acid groups (broad SMARTS) is 1. The molecular weight excluding hydrogens is 256 g/mol. The molecule has 108 valence electrons. The topological polar surface area (TPSA) is 75.1 Å². The van der Waals surface area contributed by atoms with Crippen molar-refractivity contribution in [2.45, 2.75) is 45.6 Å². The normalized spacial score (nSPS) is 12.7. The highest BCUT2D eigenvalue weighted by Gasteiger charge is 2.14. The van der Waals surface area contributed by atoms with Crippen LogP contribution in [-0.4, -0.2) is 20.6 Å². The molecular formula is C15H20N2O3. The maximum Gasteiger partial charge on any atom is 0.335 e. The number of hydrogen-bond acceptors (Lipinski definition) is 2. The van der Waals surface area contributed by atoms with Gasteiger partial charge in [0, 0.05) is 6.04 Å². The van der Waals surface area contributed by atoms with Gasteiger partial charge < -0.3 is 10.1 Å². The molecule has 0 amide bonds. The van der Waals surface area contributed by atoms with Gasteiger partial charge in [-0.3, -0.25) is 4.57 Å². The SMILES string of the molecule is CCCCCC(C)n1c(=O)[nH]c2ccc(C(=O)O)cc21. The third-order valence-electron chi connectivity index (χ3n) is 3.63. The van der Waals surface area contributed by atoms with E-state index in [1.54, 1.807) is 16.7 Å². The number of nitrogens with one attached hydrogen (secondary N) is 1. The molecule has 0 radical (unpaired) electrons. The van der Waals surface area contributed by atoms with Gasteiger partial charge in [-0.1, -0.05) is 26.2 Å². The van der Waals surface area contributed by atoms with E-state index in [0.29, 0.717) is 11.0 Å². The van der Waals surface area contributed by atoms with Crippen molar-refractivity contribution in [1.82, 2.24) is 9.55 Å². The van der Waals surface area contributed by atoms with Crippen molar-refractivity contribution in [3.05, 3.63) is 34.2 Å². The summed E-state index contributed by atoms with van der Waals surface area (Å²) in [5, 5.41) is 9.06. The molecule has 0 bridgehead atoms. The summed E-state index contributed by atoms with van der Waals surface area (Å²) in [6, 6.07) is 4.78. The first kappa shape index (κ1) is 14.4. The summed E-state index contributed by atoms with van der Waals surface area (Å²) in [5.74, 6) is -0.981. The quantitative estimate of drug-likeness (QED) is 0.796. The Labute approximate surface area is 117 Å². The van der Waals surface area contributed by atoms with Crippen molar-refractivity contribution >= 4 is 17.0 Å². The van der Waals surface area contributed by atoms with Crippen LogP contribution in [0, 0.1) is 0 Å². The number of imidazole rings is 1. The average molecular weight is 276 g/mol. The minimum atomic E-state index is -0.981. The van der Waals surface area contributed by atoms with Crippen LogP contribution in [0.2, 0.25) is 0 Å². The number of rotatable bonds is 6. The summed E-state index contributed by atoms with van der Waals surface area (Å²) in [4.78, 5) is 25.9. The van der Waals surface area contributed by atoms with Crippen molar-refractivity contribution in [3.63, 3.8) is 0 Å². The molecule has 0 aliphatic heterocycles. The van der Waals surface area contributed by atoms with Crippen molar-refractivity contribution in [2.75, 3.05) is 0 Å². The Balaban J connectivity index is 2.40. The Kier molecular flexibility index (Phi) is 4.27. The van der Waals surface area contributed by atoms with E-state index in [1.807, 2.05) is 6.92 Å². The van der Waals surface area contributed by atoms with E-state index in [4.69, 9.17) is 5.11 Å². The highest BCUT2D eigenvalue weighted by Crippen LogP contribution is 2.20. The number of benzene rings is 1. The third kappa shape index (κ3) is 2.76. The maximum absolute atomic E-state index is 12.1. The van der Waals surface area contributed by atoms with E-state index in [2.05, 4.69) is 11.9 Å². The van der Waals surface area contributed by atoms with Crippen molar-refractivity contribution < 1.29 is 9.90 Å². The minimum Gasteiger partial charge on any atom is -0.478 e. The zero-order valence-electron chi connectivity index (χ0n) is 11.8. The number of unbranched alkanes of at least 4 members (excludes halogenated alkanes) is 2. The zero-order valence-corrected chi connectivity index (χ0v) is 11.8. The second kappa shape index (κ2) is 5.94. The molecule has 1 atom stereocenters. The molecule has 1 heterocycles. The van der Waals surface area contributed by atoms with E-state index in [1.165, 1.54) is 6.07 Å². The summed E-state index contributed by atoms with van der Waals surface area (Å²) >= 11 is 0. The largest absolute Gasteiger partial charge is 0.478 e. The first-order valence-electron chi connectivity index (χ1n) is 7.02. The van der Waals surface area contributed by atoms with Crippen LogP contribution in [0.1, 0.15) is 55.9 Å². The predicted molar refractivity (Wildman–Crippen MR) is 78.4 cm³/mol. The predicted octanol–water partition coefficient (Wildman–Crippen LogP) is 3.17. The Morgan fingerprint density at radius 2 is 2.15 bits per heavy atom. The lowest BCUT2D eigenvalue weighted by Gasteiger charge is -2.13. The number of hydrogen-bond donors (Lipinski definition) is 2. The van der Waals surface area contributed by atoms with E-state index < -0.39 is 5.97 Å². The molecule has 2 N–H and O–H groups in total. The lowest BCUT2D eigenvalue weighted by Crippen LogP contribution is -2.20. The van der Waals surface area contributed by atoms with Crippen LogP contribution < -0.4 is 5.69 Å². The van der Waals surface area contributed by atoms with Crippen molar-refractivity contribution in [2.24, 2.45) is 0 Å². The van der Waals surface area contributed by atoms with Crippen LogP contribution in [0.4, 0.5) is 0 Å². The van der Waals surface area contributed by atoms with E-state index in [9.17, 15) is 9.59 Å². The first-order chi connectivity index (χ1) is 9.54. The number of fused-ring (bicyclic) bond motifs is 1. The second-order valence-corrected chi connectivity index (χ2v) is 5.18. The van der Waals surface area contributed by atoms with Crippen LogP contribution >= 0.6 is 0 Å². The molecule has 5 heteroatoms. The Hall–Kier alpha value is -2.04. The molecule has 5 nitrogen and oxygen atoms in total. The molecule has 0 aliphatic carbocycles. The summed E-state index contributed by atoms with van der Waals surface area (Å²) in [6.07, 6.45) is 4.26. The number of H-pyrrole nitrogens is 1. The van der Waals surface area contributed by atoms with Crippen molar-refractivity contribution in [1.29, 1.82) is 0 Å². The monoisotopic (exact) mass is 276 g/mol. The molecule has 0 saturated heterocycles. The van der Waals surface area contributed by atoms with Gasteiger partial charge in [-0.25, -0.2) is 9.59 Å². The Bertz CT molecular complexity index is 669. The maximum atomic E-state index is 12.1. The Morgan fingerprint density at radius 1 is 1.40 bits per heavy atom. The molecule has 1 aromatic carbocycles. The molecule has 1 unspecified atom stereocenters. The molecule has 0 fully saturated rings. The molecule has 0 spiro atoms. The van der Waals surface area contributed by atoms with Crippen LogP contribution in [-0.2, 0) is 0 Å². The van der Waals surface area contributed by atoms with Gasteiger partial charge in [0.05, 0.1) is 16.6 Å². The van der Waals surface area contributed by atoms with Gasteiger partial charge in [0.25, 0.3) is 0 Å². The number of aromatic carboxylic acids is 1. The fourth-order valence-electron chi connectivity index (χ4n) is 2.51. The smallest absolute Gasteiger partial charge is 0.335 e. The van der Waals surface area contributed by atoms with Gasteiger partial charge in [-0.2, -0.15) is 0 Å². The van der Waals surface area contributed by atoms with Gasteiger partial charge >= 0.3 is 11.7 Å². The molecule has 20 heavy (non-hydrogen) atoms. The summed E-state index contributed by atoms with van der Waals surface area (Å²) in [6.45, 7) is 4.14. The highest BCUT2D eigenvalue weighted by atomic mass is 16.4. The number of aromatic nitrogens is 2. The highest BCUT2D eigenvalue weighted by molar-refractivity contribution is 5.92. The van der Waals surface area contributed by atoms with Gasteiger partial charge in [0.2, 0.25) is 0 Å².